The molecule has 1 aliphatic heterocycles. The van der Waals surface area contributed by atoms with Crippen molar-refractivity contribution in [2.45, 2.75) is 12.6 Å². The summed E-state index contributed by atoms with van der Waals surface area (Å²) in [5.74, 6) is 1.10. The lowest BCUT2D eigenvalue weighted by Gasteiger charge is -2.36. The number of hydrogen-bond donors (Lipinski definition) is 1. The Kier molecular flexibility index (Phi) is 4.05. The van der Waals surface area contributed by atoms with E-state index >= 15 is 0 Å². The van der Waals surface area contributed by atoms with Gasteiger partial charge in [0.25, 0.3) is 0 Å². The van der Waals surface area contributed by atoms with E-state index in [2.05, 4.69) is 31.9 Å². The Morgan fingerprint density at radius 2 is 2.35 bits per heavy atom. The van der Waals surface area contributed by atoms with Crippen LogP contribution >= 0.6 is 11.6 Å². The van der Waals surface area contributed by atoms with Crippen LogP contribution in [0.4, 0.5) is 0 Å². The molecule has 0 amide bonds. The quantitative estimate of drug-likeness (QED) is 0.941. The number of hydrogen-bond acceptors (Lipinski definition) is 3. The van der Waals surface area contributed by atoms with Crippen LogP contribution in [0.3, 0.4) is 0 Å². The van der Waals surface area contributed by atoms with Gasteiger partial charge in [0.15, 0.2) is 0 Å². The molecule has 2 heterocycles. The summed E-state index contributed by atoms with van der Waals surface area (Å²) in [7, 11) is 2.04. The molecule has 0 aliphatic carbocycles. The van der Waals surface area contributed by atoms with Crippen LogP contribution in [0.1, 0.15) is 17.4 Å². The summed E-state index contributed by atoms with van der Waals surface area (Å²) in [6.07, 6.45) is 3.85. The zero-order valence-corrected chi connectivity index (χ0v) is 12.3. The number of aryl methyl sites for hydroxylation is 1. The maximum absolute atomic E-state index is 6.12. The van der Waals surface area contributed by atoms with Crippen LogP contribution in [-0.4, -0.2) is 34.1 Å². The Morgan fingerprint density at radius 3 is 3.10 bits per heavy atom. The zero-order chi connectivity index (χ0) is 13.9. The van der Waals surface area contributed by atoms with Crippen molar-refractivity contribution in [3.05, 3.63) is 53.1 Å². The number of rotatable bonds is 3. The third-order valence-corrected chi connectivity index (χ3v) is 4.09. The molecular formula is C15H19ClN4. The highest BCUT2D eigenvalue weighted by Crippen LogP contribution is 2.25. The predicted molar refractivity (Wildman–Crippen MR) is 80.7 cm³/mol. The number of nitrogens with one attached hydrogen (secondary N) is 1. The smallest absolute Gasteiger partial charge is 0.122 e. The van der Waals surface area contributed by atoms with E-state index in [1.807, 2.05) is 31.6 Å². The largest absolute Gasteiger partial charge is 0.337 e. The number of imidazole rings is 1. The molecule has 0 spiro atoms. The summed E-state index contributed by atoms with van der Waals surface area (Å²) in [4.78, 5) is 6.89. The van der Waals surface area contributed by atoms with E-state index in [-0.39, 0.29) is 0 Å². The van der Waals surface area contributed by atoms with Crippen LogP contribution in [0.5, 0.6) is 0 Å². The molecule has 1 atom stereocenters. The number of halogens is 1. The fourth-order valence-electron chi connectivity index (χ4n) is 2.71. The molecule has 0 saturated carbocycles. The fourth-order valence-corrected chi connectivity index (χ4v) is 2.91. The normalized spacial score (nSPS) is 20.2. The second-order valence-corrected chi connectivity index (χ2v) is 5.64. The van der Waals surface area contributed by atoms with E-state index in [1.54, 1.807) is 0 Å². The Hall–Kier alpha value is -1.36. The SMILES string of the molecule is Cn1ccnc1CN1CCNCC1c1cccc(Cl)c1. The van der Waals surface area contributed by atoms with Gasteiger partial charge in [0.1, 0.15) is 5.82 Å². The van der Waals surface area contributed by atoms with Crippen molar-refractivity contribution in [1.82, 2.24) is 19.8 Å². The van der Waals surface area contributed by atoms with Gasteiger partial charge in [0.2, 0.25) is 0 Å². The highest BCUT2D eigenvalue weighted by atomic mass is 35.5. The first-order valence-electron chi connectivity index (χ1n) is 6.90. The van der Waals surface area contributed by atoms with E-state index in [4.69, 9.17) is 11.6 Å². The maximum Gasteiger partial charge on any atom is 0.122 e. The second-order valence-electron chi connectivity index (χ2n) is 5.20. The molecule has 2 aromatic rings. The molecule has 0 bridgehead atoms. The monoisotopic (exact) mass is 290 g/mol. The molecule has 0 radical (unpaired) electrons. The topological polar surface area (TPSA) is 33.1 Å². The van der Waals surface area contributed by atoms with E-state index in [0.717, 1.165) is 37.0 Å². The van der Waals surface area contributed by atoms with Gasteiger partial charge in [-0.25, -0.2) is 4.98 Å². The lowest BCUT2D eigenvalue weighted by atomic mass is 10.0. The Bertz CT molecular complexity index is 581. The Balaban J connectivity index is 1.82. The van der Waals surface area contributed by atoms with Crippen molar-refractivity contribution in [3.63, 3.8) is 0 Å². The summed E-state index contributed by atoms with van der Waals surface area (Å²) < 4.78 is 2.08. The molecule has 3 rings (SSSR count). The van der Waals surface area contributed by atoms with E-state index < -0.39 is 0 Å². The van der Waals surface area contributed by atoms with E-state index in [1.165, 1.54) is 5.56 Å². The minimum absolute atomic E-state index is 0.346. The highest BCUT2D eigenvalue weighted by Gasteiger charge is 2.24. The van der Waals surface area contributed by atoms with Crippen molar-refractivity contribution in [2.24, 2.45) is 7.05 Å². The van der Waals surface area contributed by atoms with Crippen molar-refractivity contribution in [2.75, 3.05) is 19.6 Å². The average Bonchev–Trinajstić information content (AvgIpc) is 2.85. The number of piperazine rings is 1. The summed E-state index contributed by atoms with van der Waals surface area (Å²) in [5, 5.41) is 4.26. The van der Waals surface area contributed by atoms with Gasteiger partial charge >= 0.3 is 0 Å². The van der Waals surface area contributed by atoms with Crippen LogP contribution in [-0.2, 0) is 13.6 Å². The lowest BCUT2D eigenvalue weighted by molar-refractivity contribution is 0.148. The molecule has 5 heteroatoms. The first-order valence-corrected chi connectivity index (χ1v) is 7.28. The van der Waals surface area contributed by atoms with Crippen molar-refractivity contribution >= 4 is 11.6 Å². The maximum atomic E-state index is 6.12. The van der Waals surface area contributed by atoms with Crippen molar-refractivity contribution in [1.29, 1.82) is 0 Å². The number of nitrogens with zero attached hydrogens (tertiary/aromatic N) is 3. The number of benzene rings is 1. The molecule has 1 unspecified atom stereocenters. The number of aromatic nitrogens is 2. The summed E-state index contributed by atoms with van der Waals surface area (Å²) in [5.41, 5.74) is 1.26. The van der Waals surface area contributed by atoms with Gasteiger partial charge in [-0.1, -0.05) is 23.7 Å². The van der Waals surface area contributed by atoms with Crippen LogP contribution < -0.4 is 5.32 Å². The Morgan fingerprint density at radius 1 is 1.45 bits per heavy atom. The fraction of sp³-hybridized carbons (Fsp3) is 0.400. The standard InChI is InChI=1S/C15H19ClN4/c1-19-7-6-18-15(19)11-20-8-5-17-10-14(20)12-3-2-4-13(16)9-12/h2-4,6-7,9,14,17H,5,8,10-11H2,1H3. The molecule has 1 aromatic heterocycles. The first kappa shape index (κ1) is 13.6. The van der Waals surface area contributed by atoms with Gasteiger partial charge < -0.3 is 9.88 Å². The van der Waals surface area contributed by atoms with E-state index in [9.17, 15) is 0 Å². The third kappa shape index (κ3) is 2.87. The molecular weight excluding hydrogens is 272 g/mol. The van der Waals surface area contributed by atoms with Crippen molar-refractivity contribution in [3.8, 4) is 0 Å². The summed E-state index contributed by atoms with van der Waals surface area (Å²) in [6, 6.07) is 8.49. The van der Waals surface area contributed by atoms with Gasteiger partial charge in [0.05, 0.1) is 6.54 Å². The molecule has 1 fully saturated rings. The Labute approximate surface area is 124 Å². The molecule has 20 heavy (non-hydrogen) atoms. The molecule has 1 aromatic carbocycles. The van der Waals surface area contributed by atoms with E-state index in [0.29, 0.717) is 6.04 Å². The minimum atomic E-state index is 0.346. The van der Waals surface area contributed by atoms with Gasteiger partial charge in [-0.3, -0.25) is 4.90 Å². The first-order chi connectivity index (χ1) is 9.74. The van der Waals surface area contributed by atoms with Crippen LogP contribution in [0.2, 0.25) is 5.02 Å². The minimum Gasteiger partial charge on any atom is -0.337 e. The van der Waals surface area contributed by atoms with Crippen molar-refractivity contribution < 1.29 is 0 Å². The second kappa shape index (κ2) is 5.95. The molecule has 106 valence electrons. The van der Waals surface area contributed by atoms with Gasteiger partial charge in [-0.15, -0.1) is 0 Å². The highest BCUT2D eigenvalue weighted by molar-refractivity contribution is 6.30. The van der Waals surface area contributed by atoms with Crippen LogP contribution in [0, 0.1) is 0 Å². The molecule has 1 saturated heterocycles. The van der Waals surface area contributed by atoms with Gasteiger partial charge in [0, 0.05) is 50.1 Å². The molecule has 1 N–H and O–H groups in total. The molecule has 1 aliphatic rings. The predicted octanol–water partition coefficient (Wildman–Crippen LogP) is 2.22. The average molecular weight is 291 g/mol. The summed E-state index contributed by atoms with van der Waals surface area (Å²) >= 11 is 6.12. The summed E-state index contributed by atoms with van der Waals surface area (Å²) in [6.45, 7) is 3.85. The van der Waals surface area contributed by atoms with Gasteiger partial charge in [-0.2, -0.15) is 0 Å². The third-order valence-electron chi connectivity index (χ3n) is 3.85. The van der Waals surface area contributed by atoms with Crippen LogP contribution in [0.25, 0.3) is 0 Å². The zero-order valence-electron chi connectivity index (χ0n) is 11.6. The van der Waals surface area contributed by atoms with Crippen LogP contribution in [0.15, 0.2) is 36.7 Å². The lowest BCUT2D eigenvalue weighted by Crippen LogP contribution is -2.45. The molecule has 4 nitrogen and oxygen atoms in total. The van der Waals surface area contributed by atoms with Gasteiger partial charge in [-0.05, 0) is 17.7 Å².